The Bertz CT molecular complexity index is 976. The molecule has 2 aromatic heterocycles. The van der Waals surface area contributed by atoms with Crippen LogP contribution in [0.15, 0.2) is 66.6 Å². The summed E-state index contributed by atoms with van der Waals surface area (Å²) < 4.78 is 1.85. The number of aliphatic hydroxyl groups excluding tert-OH is 1. The topological polar surface area (TPSA) is 62.5 Å². The molecule has 1 aliphatic rings. The van der Waals surface area contributed by atoms with Gasteiger partial charge in [-0.3, -0.25) is 0 Å². The van der Waals surface area contributed by atoms with Gasteiger partial charge in [-0.2, -0.15) is 0 Å². The fourth-order valence-electron chi connectivity index (χ4n) is 2.91. The molecule has 0 aliphatic heterocycles. The van der Waals surface area contributed by atoms with Gasteiger partial charge >= 0.3 is 0 Å². The number of hydrogen-bond donors (Lipinski definition) is 2. The Labute approximate surface area is 150 Å². The summed E-state index contributed by atoms with van der Waals surface area (Å²) in [6, 6.07) is 11.6. The summed E-state index contributed by atoms with van der Waals surface area (Å²) in [6.07, 6.45) is 8.08. The molecule has 2 N–H and O–H groups in total. The minimum absolute atomic E-state index is 0.154. The third-order valence-electron chi connectivity index (χ3n) is 4.21. The summed E-state index contributed by atoms with van der Waals surface area (Å²) in [7, 11) is 0. The molecule has 6 heteroatoms. The van der Waals surface area contributed by atoms with Crippen molar-refractivity contribution in [3.63, 3.8) is 0 Å². The maximum absolute atomic E-state index is 9.50. The molecule has 0 amide bonds. The molecule has 1 aliphatic carbocycles. The van der Waals surface area contributed by atoms with E-state index in [2.05, 4.69) is 15.4 Å². The molecule has 25 heavy (non-hydrogen) atoms. The average molecular weight is 353 g/mol. The van der Waals surface area contributed by atoms with Crippen molar-refractivity contribution in [1.82, 2.24) is 14.6 Å². The van der Waals surface area contributed by atoms with Crippen LogP contribution in [0.25, 0.3) is 5.65 Å². The van der Waals surface area contributed by atoms with E-state index in [4.69, 9.17) is 11.6 Å². The first-order valence-corrected chi connectivity index (χ1v) is 8.47. The van der Waals surface area contributed by atoms with Crippen LogP contribution in [0, 0.1) is 0 Å². The van der Waals surface area contributed by atoms with Crippen molar-refractivity contribution in [1.29, 1.82) is 0 Å². The number of aromatic nitrogens is 3. The molecule has 4 rings (SSSR count). The Morgan fingerprint density at radius 3 is 3.00 bits per heavy atom. The Kier molecular flexibility index (Phi) is 4.15. The first kappa shape index (κ1) is 15.7. The smallest absolute Gasteiger partial charge is 0.153 e. The van der Waals surface area contributed by atoms with Crippen LogP contribution in [-0.2, 0) is 6.54 Å². The van der Waals surface area contributed by atoms with Crippen LogP contribution in [0.2, 0.25) is 5.02 Å². The summed E-state index contributed by atoms with van der Waals surface area (Å²) in [5.74, 6) is 1.23. The van der Waals surface area contributed by atoms with Gasteiger partial charge in [0.05, 0.1) is 11.9 Å². The molecule has 0 radical (unpaired) electrons. The van der Waals surface area contributed by atoms with E-state index in [0.717, 1.165) is 34.2 Å². The van der Waals surface area contributed by atoms with Crippen LogP contribution >= 0.6 is 11.6 Å². The second kappa shape index (κ2) is 6.61. The van der Waals surface area contributed by atoms with Crippen molar-refractivity contribution >= 4 is 23.1 Å². The highest BCUT2D eigenvalue weighted by atomic mass is 35.5. The quantitative estimate of drug-likeness (QED) is 0.726. The van der Waals surface area contributed by atoms with Gasteiger partial charge in [0.2, 0.25) is 0 Å². The molecule has 3 aromatic rings. The number of hydrogen-bond acceptors (Lipinski definition) is 4. The monoisotopic (exact) mass is 352 g/mol. The molecule has 1 unspecified atom stereocenters. The number of rotatable bonds is 4. The highest BCUT2D eigenvalue weighted by Gasteiger charge is 2.16. The predicted octanol–water partition coefficient (Wildman–Crippen LogP) is 4.48. The first-order valence-electron chi connectivity index (χ1n) is 8.09. The molecule has 1 atom stereocenters. The van der Waals surface area contributed by atoms with Gasteiger partial charge in [-0.05, 0) is 48.4 Å². The number of nitrogens with zero attached hydrogens (tertiary/aromatic N) is 3. The lowest BCUT2D eigenvalue weighted by Crippen LogP contribution is -2.08. The van der Waals surface area contributed by atoms with E-state index in [1.807, 2.05) is 59.3 Å². The van der Waals surface area contributed by atoms with Gasteiger partial charge in [-0.15, -0.1) is 5.10 Å². The lowest BCUT2D eigenvalue weighted by Gasteiger charge is -2.14. The van der Waals surface area contributed by atoms with Crippen molar-refractivity contribution in [2.24, 2.45) is 0 Å². The molecular formula is C19H17ClN4O. The van der Waals surface area contributed by atoms with E-state index in [0.29, 0.717) is 12.3 Å². The minimum atomic E-state index is 0.154. The zero-order chi connectivity index (χ0) is 17.2. The number of aliphatic hydroxyl groups is 1. The van der Waals surface area contributed by atoms with Gasteiger partial charge < -0.3 is 10.4 Å². The fraction of sp³-hybridized carbons (Fsp3) is 0.158. The van der Waals surface area contributed by atoms with E-state index in [1.54, 1.807) is 6.08 Å². The van der Waals surface area contributed by atoms with Gasteiger partial charge in [-0.25, -0.2) is 9.50 Å². The molecule has 0 bridgehead atoms. The van der Waals surface area contributed by atoms with Gasteiger partial charge in [0.1, 0.15) is 11.6 Å². The zero-order valence-corrected chi connectivity index (χ0v) is 14.2. The molecular weight excluding hydrogens is 336 g/mol. The maximum atomic E-state index is 9.50. The van der Waals surface area contributed by atoms with Crippen LogP contribution in [0.5, 0.6) is 0 Å². The van der Waals surface area contributed by atoms with Gasteiger partial charge in [-0.1, -0.05) is 29.8 Å². The number of fused-ring (bicyclic) bond motifs is 1. The standard InChI is InChI=1S/C19H17ClN4O/c20-15-3-1-2-13(10-15)11-21-18-8-9-19-22-12-17(24(19)23-18)14-4-6-16(25)7-5-14/h1-4,6-10,12,14,25H,5,11H2,(H,21,23). The molecule has 1 aromatic carbocycles. The van der Waals surface area contributed by atoms with Crippen LogP contribution in [0.3, 0.4) is 0 Å². The molecule has 0 fully saturated rings. The highest BCUT2D eigenvalue weighted by Crippen LogP contribution is 2.26. The second-order valence-electron chi connectivity index (χ2n) is 5.99. The van der Waals surface area contributed by atoms with Gasteiger partial charge in [0.25, 0.3) is 0 Å². The van der Waals surface area contributed by atoms with E-state index in [1.165, 1.54) is 0 Å². The molecule has 0 saturated carbocycles. The van der Waals surface area contributed by atoms with E-state index >= 15 is 0 Å². The van der Waals surface area contributed by atoms with Crippen LogP contribution in [0.1, 0.15) is 23.6 Å². The number of benzene rings is 1. The number of nitrogens with one attached hydrogen (secondary N) is 1. The van der Waals surface area contributed by atoms with E-state index < -0.39 is 0 Å². The fourth-order valence-corrected chi connectivity index (χ4v) is 3.12. The lowest BCUT2D eigenvalue weighted by molar-refractivity contribution is 0.424. The van der Waals surface area contributed by atoms with Crippen LogP contribution in [-0.4, -0.2) is 19.7 Å². The van der Waals surface area contributed by atoms with Crippen molar-refractivity contribution in [2.45, 2.75) is 18.9 Å². The van der Waals surface area contributed by atoms with E-state index in [-0.39, 0.29) is 5.92 Å². The molecule has 2 heterocycles. The maximum Gasteiger partial charge on any atom is 0.153 e. The Morgan fingerprint density at radius 2 is 2.20 bits per heavy atom. The first-order chi connectivity index (χ1) is 12.2. The van der Waals surface area contributed by atoms with E-state index in [9.17, 15) is 5.11 Å². The number of imidazole rings is 1. The summed E-state index contributed by atoms with van der Waals surface area (Å²) in [6.45, 7) is 0.642. The third kappa shape index (κ3) is 3.37. The second-order valence-corrected chi connectivity index (χ2v) is 6.42. The van der Waals surface area contributed by atoms with Crippen LogP contribution < -0.4 is 5.32 Å². The summed E-state index contributed by atoms with van der Waals surface area (Å²) in [4.78, 5) is 4.42. The Hall–Kier alpha value is -2.79. The van der Waals surface area contributed by atoms with Gasteiger partial charge in [0.15, 0.2) is 5.65 Å². The normalized spacial score (nSPS) is 16.8. The molecule has 0 saturated heterocycles. The number of allylic oxidation sites excluding steroid dienone is 3. The lowest BCUT2D eigenvalue weighted by atomic mass is 9.97. The zero-order valence-electron chi connectivity index (χ0n) is 13.4. The third-order valence-corrected chi connectivity index (χ3v) is 4.45. The summed E-state index contributed by atoms with van der Waals surface area (Å²) in [5, 5.41) is 18.2. The van der Waals surface area contributed by atoms with Crippen LogP contribution in [0.4, 0.5) is 5.82 Å². The van der Waals surface area contributed by atoms with Crippen molar-refractivity contribution in [2.75, 3.05) is 5.32 Å². The highest BCUT2D eigenvalue weighted by molar-refractivity contribution is 6.30. The SMILES string of the molecule is OC1=CCC(c2cnc3ccc(NCc4cccc(Cl)c4)nn23)C=C1. The molecule has 0 spiro atoms. The largest absolute Gasteiger partial charge is 0.508 e. The van der Waals surface area contributed by atoms with Crippen molar-refractivity contribution in [3.8, 4) is 0 Å². The van der Waals surface area contributed by atoms with Crippen molar-refractivity contribution < 1.29 is 5.11 Å². The average Bonchev–Trinajstić information content (AvgIpc) is 3.04. The summed E-state index contributed by atoms with van der Waals surface area (Å²) in [5.41, 5.74) is 2.90. The number of anilines is 1. The molecule has 126 valence electrons. The summed E-state index contributed by atoms with van der Waals surface area (Å²) >= 11 is 6.02. The Morgan fingerprint density at radius 1 is 1.28 bits per heavy atom. The Balaban J connectivity index is 1.57. The van der Waals surface area contributed by atoms with Crippen molar-refractivity contribution in [3.05, 3.63) is 82.9 Å². The van der Waals surface area contributed by atoms with Gasteiger partial charge in [0, 0.05) is 17.5 Å². The minimum Gasteiger partial charge on any atom is -0.508 e. The predicted molar refractivity (Wildman–Crippen MR) is 99.0 cm³/mol. The number of halogens is 1. The molecule has 5 nitrogen and oxygen atoms in total.